The van der Waals surface area contributed by atoms with Gasteiger partial charge in [0, 0.05) is 13.5 Å². The predicted octanol–water partition coefficient (Wildman–Crippen LogP) is 2.45. The highest BCUT2D eigenvalue weighted by molar-refractivity contribution is 6.33. The molecule has 2 rings (SSSR count). The van der Waals surface area contributed by atoms with Crippen molar-refractivity contribution in [2.45, 2.75) is 13.3 Å². The molecular weight excluding hydrogens is 357 g/mol. The number of hydrogen-bond donors (Lipinski definition) is 1. The maximum absolute atomic E-state index is 12.8. The summed E-state index contributed by atoms with van der Waals surface area (Å²) in [6, 6.07) is 11.5. The maximum Gasteiger partial charge on any atom is 0.379 e. The van der Waals surface area contributed by atoms with Crippen LogP contribution in [0.1, 0.15) is 23.7 Å². The number of Topliss-reactive ketones (excluding diaryl/α,β-unsaturated/α-hetero) is 1. The topological polar surface area (TPSA) is 90.9 Å². The van der Waals surface area contributed by atoms with Crippen LogP contribution in [-0.4, -0.2) is 30.9 Å². The summed E-state index contributed by atoms with van der Waals surface area (Å²) in [7, 11) is 0. The molecule has 0 aromatic heterocycles. The number of halogens is 1. The van der Waals surface area contributed by atoms with Crippen LogP contribution in [0.4, 0.5) is 4.39 Å². The molecule has 0 aliphatic rings. The largest absolute Gasteiger partial charge is 0.494 e. The van der Waals surface area contributed by atoms with Crippen molar-refractivity contribution >= 4 is 17.7 Å². The van der Waals surface area contributed by atoms with Crippen molar-refractivity contribution in [1.29, 1.82) is 0 Å². The lowest BCUT2D eigenvalue weighted by Crippen LogP contribution is -2.24. The first-order valence-electron chi connectivity index (χ1n) is 8.11. The fourth-order valence-corrected chi connectivity index (χ4v) is 1.93. The molecule has 7 nitrogen and oxygen atoms in total. The summed E-state index contributed by atoms with van der Waals surface area (Å²) < 4.78 is 23.0. The highest BCUT2D eigenvalue weighted by atomic mass is 19.1. The quantitative estimate of drug-likeness (QED) is 0.237. The van der Waals surface area contributed by atoms with E-state index in [2.05, 4.69) is 5.48 Å². The lowest BCUT2D eigenvalue weighted by molar-refractivity contribution is -0.146. The standard InChI is InChI=1S/C19H18FNO6/c1-13(22)18(23)26-17-6-3-2-5-16(17)19(24)27-21-11-4-12-25-15-9-7-14(20)8-10-15/h2-3,5-10,21H,4,11-12H2,1H3. The monoisotopic (exact) mass is 375 g/mol. The molecule has 2 aromatic carbocycles. The Morgan fingerprint density at radius 3 is 2.44 bits per heavy atom. The first kappa shape index (κ1) is 20.1. The average Bonchev–Trinajstić information content (AvgIpc) is 2.66. The summed E-state index contributed by atoms with van der Waals surface area (Å²) in [4.78, 5) is 39.4. The minimum absolute atomic E-state index is 0.00200. The Hall–Kier alpha value is -3.26. The third kappa shape index (κ3) is 6.52. The summed E-state index contributed by atoms with van der Waals surface area (Å²) in [5.41, 5.74) is 2.49. The van der Waals surface area contributed by atoms with Crippen LogP contribution in [0.3, 0.4) is 0 Å². The minimum Gasteiger partial charge on any atom is -0.494 e. The summed E-state index contributed by atoms with van der Waals surface area (Å²) in [5, 5.41) is 0. The van der Waals surface area contributed by atoms with Crippen LogP contribution in [0.2, 0.25) is 0 Å². The first-order valence-corrected chi connectivity index (χ1v) is 8.11. The molecule has 0 fully saturated rings. The van der Waals surface area contributed by atoms with Crippen LogP contribution in [0.25, 0.3) is 0 Å². The number of nitrogens with one attached hydrogen (secondary N) is 1. The van der Waals surface area contributed by atoms with Gasteiger partial charge >= 0.3 is 11.9 Å². The fraction of sp³-hybridized carbons (Fsp3) is 0.211. The van der Waals surface area contributed by atoms with Crippen molar-refractivity contribution < 1.29 is 33.1 Å². The van der Waals surface area contributed by atoms with E-state index in [9.17, 15) is 18.8 Å². The second-order valence-corrected chi connectivity index (χ2v) is 5.38. The molecule has 0 spiro atoms. The van der Waals surface area contributed by atoms with Gasteiger partial charge in [-0.2, -0.15) is 5.48 Å². The van der Waals surface area contributed by atoms with Crippen LogP contribution in [0, 0.1) is 5.82 Å². The van der Waals surface area contributed by atoms with E-state index in [4.69, 9.17) is 14.3 Å². The van der Waals surface area contributed by atoms with Gasteiger partial charge in [0.2, 0.25) is 5.78 Å². The van der Waals surface area contributed by atoms with Crippen molar-refractivity contribution in [1.82, 2.24) is 5.48 Å². The third-order valence-corrected chi connectivity index (χ3v) is 3.27. The normalized spacial score (nSPS) is 10.1. The van der Waals surface area contributed by atoms with Gasteiger partial charge < -0.3 is 14.3 Å². The number of rotatable bonds is 9. The summed E-state index contributed by atoms with van der Waals surface area (Å²) >= 11 is 0. The first-order chi connectivity index (χ1) is 13.0. The van der Waals surface area contributed by atoms with E-state index in [1.165, 1.54) is 36.4 Å². The van der Waals surface area contributed by atoms with Gasteiger partial charge in [0.15, 0.2) is 0 Å². The molecule has 0 atom stereocenters. The Bertz CT molecular complexity index is 806. The number of esters is 1. The van der Waals surface area contributed by atoms with Gasteiger partial charge in [-0.25, -0.2) is 14.0 Å². The maximum atomic E-state index is 12.8. The minimum atomic E-state index is -1.07. The Kier molecular flexibility index (Phi) is 7.45. The number of carbonyl (C=O) groups is 3. The van der Waals surface area contributed by atoms with E-state index >= 15 is 0 Å². The van der Waals surface area contributed by atoms with Gasteiger partial charge in [0.05, 0.1) is 6.61 Å². The molecule has 0 heterocycles. The molecule has 0 aliphatic heterocycles. The number of hydrogen-bond acceptors (Lipinski definition) is 7. The molecule has 2 aromatic rings. The van der Waals surface area contributed by atoms with Crippen molar-refractivity contribution in [3.8, 4) is 11.5 Å². The van der Waals surface area contributed by atoms with Gasteiger partial charge in [-0.15, -0.1) is 0 Å². The van der Waals surface area contributed by atoms with Crippen molar-refractivity contribution in [2.24, 2.45) is 0 Å². The van der Waals surface area contributed by atoms with Crippen LogP contribution >= 0.6 is 0 Å². The smallest absolute Gasteiger partial charge is 0.379 e. The van der Waals surface area contributed by atoms with Gasteiger partial charge in [-0.1, -0.05) is 12.1 Å². The highest BCUT2D eigenvalue weighted by Crippen LogP contribution is 2.19. The van der Waals surface area contributed by atoms with E-state index in [-0.39, 0.29) is 17.1 Å². The molecule has 0 amide bonds. The highest BCUT2D eigenvalue weighted by Gasteiger charge is 2.18. The van der Waals surface area contributed by atoms with Crippen LogP contribution in [0.15, 0.2) is 48.5 Å². The molecular formula is C19H18FNO6. The van der Waals surface area contributed by atoms with E-state index in [1.54, 1.807) is 12.1 Å². The lowest BCUT2D eigenvalue weighted by atomic mass is 10.2. The third-order valence-electron chi connectivity index (χ3n) is 3.27. The Balaban J connectivity index is 1.75. The Morgan fingerprint density at radius 2 is 1.74 bits per heavy atom. The second-order valence-electron chi connectivity index (χ2n) is 5.38. The van der Waals surface area contributed by atoms with Crippen molar-refractivity contribution in [3.05, 3.63) is 59.9 Å². The molecule has 0 unspecified atom stereocenters. The van der Waals surface area contributed by atoms with E-state index in [1.807, 2.05) is 0 Å². The van der Waals surface area contributed by atoms with Crippen LogP contribution < -0.4 is 15.0 Å². The molecule has 0 bridgehead atoms. The fourth-order valence-electron chi connectivity index (χ4n) is 1.93. The molecule has 1 N–H and O–H groups in total. The second kappa shape index (κ2) is 10.0. The van der Waals surface area contributed by atoms with Gasteiger partial charge in [-0.05, 0) is 42.8 Å². The zero-order valence-corrected chi connectivity index (χ0v) is 14.6. The number of hydroxylamine groups is 1. The number of para-hydroxylation sites is 1. The van der Waals surface area contributed by atoms with Gasteiger partial charge in [0.25, 0.3) is 0 Å². The molecule has 142 valence electrons. The number of ketones is 1. The van der Waals surface area contributed by atoms with E-state index < -0.39 is 17.7 Å². The zero-order chi connectivity index (χ0) is 19.6. The number of benzene rings is 2. The Morgan fingerprint density at radius 1 is 1.04 bits per heavy atom. The predicted molar refractivity (Wildman–Crippen MR) is 92.7 cm³/mol. The summed E-state index contributed by atoms with van der Waals surface area (Å²) in [6.07, 6.45) is 0.519. The van der Waals surface area contributed by atoms with Gasteiger partial charge in [0.1, 0.15) is 22.9 Å². The molecule has 0 radical (unpaired) electrons. The molecule has 0 saturated heterocycles. The molecule has 0 saturated carbocycles. The zero-order valence-electron chi connectivity index (χ0n) is 14.6. The summed E-state index contributed by atoms with van der Waals surface area (Å²) in [6.45, 7) is 1.71. The van der Waals surface area contributed by atoms with Crippen LogP contribution in [-0.2, 0) is 14.4 Å². The lowest BCUT2D eigenvalue weighted by Gasteiger charge is -2.10. The van der Waals surface area contributed by atoms with Crippen LogP contribution in [0.5, 0.6) is 11.5 Å². The molecule has 8 heteroatoms. The Labute approximate surface area is 155 Å². The SMILES string of the molecule is CC(=O)C(=O)Oc1ccccc1C(=O)ONCCCOc1ccc(F)cc1. The molecule has 0 aliphatic carbocycles. The molecule has 27 heavy (non-hydrogen) atoms. The average molecular weight is 375 g/mol. The van der Waals surface area contributed by atoms with Gasteiger partial charge in [-0.3, -0.25) is 4.79 Å². The van der Waals surface area contributed by atoms with Crippen molar-refractivity contribution in [2.75, 3.05) is 13.2 Å². The number of carbonyl (C=O) groups excluding carboxylic acids is 3. The van der Waals surface area contributed by atoms with E-state index in [0.717, 1.165) is 6.92 Å². The number of ether oxygens (including phenoxy) is 2. The van der Waals surface area contributed by atoms with Crippen molar-refractivity contribution in [3.63, 3.8) is 0 Å². The van der Waals surface area contributed by atoms with E-state index in [0.29, 0.717) is 25.3 Å². The summed E-state index contributed by atoms with van der Waals surface area (Å²) in [5.74, 6) is -2.48.